The highest BCUT2D eigenvalue weighted by Gasteiger charge is 2.24. The van der Waals surface area contributed by atoms with Crippen LogP contribution in [0.1, 0.15) is 33.6 Å². The van der Waals surface area contributed by atoms with Crippen LogP contribution in [0.15, 0.2) is 36.7 Å². The summed E-state index contributed by atoms with van der Waals surface area (Å²) in [4.78, 5) is 19.0. The van der Waals surface area contributed by atoms with E-state index in [2.05, 4.69) is 31.0 Å². The van der Waals surface area contributed by atoms with Crippen LogP contribution in [0, 0.1) is 0 Å². The number of anilines is 3. The molecule has 9 nitrogen and oxygen atoms in total. The number of nitrogens with one attached hydrogen (secondary N) is 2. The summed E-state index contributed by atoms with van der Waals surface area (Å²) >= 11 is 0. The second-order valence-corrected chi connectivity index (χ2v) is 9.54. The van der Waals surface area contributed by atoms with E-state index in [0.717, 1.165) is 48.4 Å². The molecule has 182 valence electrons. The van der Waals surface area contributed by atoms with Gasteiger partial charge in [0.1, 0.15) is 23.0 Å². The number of rotatable bonds is 5. The van der Waals surface area contributed by atoms with Crippen molar-refractivity contribution in [2.45, 2.75) is 45.3 Å². The third-order valence-electron chi connectivity index (χ3n) is 6.06. The molecule has 0 aliphatic carbocycles. The van der Waals surface area contributed by atoms with E-state index < -0.39 is 11.7 Å². The molecule has 4 N–H and O–H groups in total. The van der Waals surface area contributed by atoms with Crippen LogP contribution in [0.5, 0.6) is 5.75 Å². The van der Waals surface area contributed by atoms with Gasteiger partial charge in [0.25, 0.3) is 0 Å². The number of nitrogens with two attached hydrogens (primary N) is 1. The van der Waals surface area contributed by atoms with Gasteiger partial charge in [-0.3, -0.25) is 9.72 Å². The van der Waals surface area contributed by atoms with Gasteiger partial charge in [0.2, 0.25) is 0 Å². The molecule has 1 aliphatic rings. The molecule has 9 heteroatoms. The molecule has 0 radical (unpaired) electrons. The molecule has 2 aromatic heterocycles. The Bertz CT molecular complexity index is 1180. The lowest BCUT2D eigenvalue weighted by atomic mass is 10.0. The minimum atomic E-state index is -0.592. The SMILES string of the molecule is CNC1CCN(c2cc(-c3ccc(NC(=O)OC(C)(C)C)c(OC)c3)c3c(N)nccn23)CC1. The maximum atomic E-state index is 12.3. The number of hydrogen-bond donors (Lipinski definition) is 3. The van der Waals surface area contributed by atoms with Crippen LogP contribution in [0.25, 0.3) is 16.6 Å². The predicted molar refractivity (Wildman–Crippen MR) is 136 cm³/mol. The standard InChI is InChI=1S/C25H34N6O3/c1-25(2,3)34-24(32)29-19-7-6-16(14-20(19)33-5)18-15-21(30-11-8-17(27-4)9-12-30)31-13-10-28-23(26)22(18)31/h6-7,10,13-15,17,27H,8-9,11-12H2,1-5H3,(H2,26,28)(H,29,32). The third-order valence-corrected chi connectivity index (χ3v) is 6.06. The summed E-state index contributed by atoms with van der Waals surface area (Å²) in [5.41, 5.74) is 9.00. The number of hydrogen-bond acceptors (Lipinski definition) is 7. The lowest BCUT2D eigenvalue weighted by Gasteiger charge is -2.33. The van der Waals surface area contributed by atoms with Gasteiger partial charge in [0, 0.05) is 37.1 Å². The molecule has 1 saturated heterocycles. The summed E-state index contributed by atoms with van der Waals surface area (Å²) < 4.78 is 13.1. The van der Waals surface area contributed by atoms with Crippen molar-refractivity contribution >= 4 is 28.9 Å². The Morgan fingerprint density at radius 3 is 2.59 bits per heavy atom. The van der Waals surface area contributed by atoms with Gasteiger partial charge in [0.05, 0.1) is 18.3 Å². The molecule has 4 rings (SSSR count). The predicted octanol–water partition coefficient (Wildman–Crippen LogP) is 4.13. The Labute approximate surface area is 200 Å². The highest BCUT2D eigenvalue weighted by Crippen LogP contribution is 2.38. The minimum absolute atomic E-state index is 0.462. The Balaban J connectivity index is 1.70. The Morgan fingerprint density at radius 2 is 1.94 bits per heavy atom. The number of ether oxygens (including phenoxy) is 2. The summed E-state index contributed by atoms with van der Waals surface area (Å²) in [5.74, 6) is 2.08. The Kier molecular flexibility index (Phi) is 6.56. The number of carbonyl (C=O) groups excluding carboxylic acids is 1. The first-order chi connectivity index (χ1) is 16.2. The lowest BCUT2D eigenvalue weighted by molar-refractivity contribution is 0.0635. The van der Waals surface area contributed by atoms with Crippen LogP contribution in [0.3, 0.4) is 0 Å². The third kappa shape index (κ3) is 4.89. The zero-order valence-corrected chi connectivity index (χ0v) is 20.5. The second kappa shape index (κ2) is 9.42. The number of aromatic nitrogens is 2. The van der Waals surface area contributed by atoms with E-state index in [1.54, 1.807) is 13.3 Å². The molecule has 0 bridgehead atoms. The zero-order chi connectivity index (χ0) is 24.5. The number of carbonyl (C=O) groups is 1. The van der Waals surface area contributed by atoms with E-state index in [-0.39, 0.29) is 0 Å². The van der Waals surface area contributed by atoms with Gasteiger partial charge in [-0.05, 0) is 64.4 Å². The molecule has 0 spiro atoms. The van der Waals surface area contributed by atoms with Crippen molar-refractivity contribution in [2.75, 3.05) is 43.2 Å². The van der Waals surface area contributed by atoms with E-state index in [1.165, 1.54) is 0 Å². The zero-order valence-electron chi connectivity index (χ0n) is 20.5. The molecule has 0 unspecified atom stereocenters. The largest absolute Gasteiger partial charge is 0.495 e. The number of piperidine rings is 1. The van der Waals surface area contributed by atoms with Crippen molar-refractivity contribution < 1.29 is 14.3 Å². The molecule has 0 saturated carbocycles. The van der Waals surface area contributed by atoms with Crippen LogP contribution in [0.2, 0.25) is 0 Å². The minimum Gasteiger partial charge on any atom is -0.495 e. The molecule has 3 aromatic rings. The smallest absolute Gasteiger partial charge is 0.412 e. The Morgan fingerprint density at radius 1 is 1.21 bits per heavy atom. The lowest BCUT2D eigenvalue weighted by Crippen LogP contribution is -2.41. The van der Waals surface area contributed by atoms with Crippen molar-refractivity contribution in [3.63, 3.8) is 0 Å². The van der Waals surface area contributed by atoms with Gasteiger partial charge in [-0.15, -0.1) is 0 Å². The summed E-state index contributed by atoms with van der Waals surface area (Å²) in [7, 11) is 3.59. The maximum absolute atomic E-state index is 12.3. The maximum Gasteiger partial charge on any atom is 0.412 e. The van der Waals surface area contributed by atoms with E-state index in [4.69, 9.17) is 15.2 Å². The highest BCUT2D eigenvalue weighted by molar-refractivity contribution is 5.93. The highest BCUT2D eigenvalue weighted by atomic mass is 16.6. The molecule has 1 aromatic carbocycles. The van der Waals surface area contributed by atoms with E-state index >= 15 is 0 Å². The van der Waals surface area contributed by atoms with Crippen molar-refractivity contribution in [2.24, 2.45) is 0 Å². The summed E-state index contributed by atoms with van der Waals surface area (Å²) in [6.45, 7) is 7.38. The number of nitrogen functional groups attached to an aromatic ring is 1. The molecule has 34 heavy (non-hydrogen) atoms. The monoisotopic (exact) mass is 466 g/mol. The van der Waals surface area contributed by atoms with Crippen LogP contribution < -0.4 is 26.0 Å². The van der Waals surface area contributed by atoms with Crippen molar-refractivity contribution in [1.29, 1.82) is 0 Å². The average Bonchev–Trinajstić information content (AvgIpc) is 3.19. The molecular formula is C25H34N6O3. The second-order valence-electron chi connectivity index (χ2n) is 9.54. The fourth-order valence-corrected chi connectivity index (χ4v) is 4.40. The van der Waals surface area contributed by atoms with Crippen molar-refractivity contribution in [1.82, 2.24) is 14.7 Å². The first-order valence-electron chi connectivity index (χ1n) is 11.6. The first kappa shape index (κ1) is 23.7. The van der Waals surface area contributed by atoms with Gasteiger partial charge >= 0.3 is 6.09 Å². The number of amides is 1. The van der Waals surface area contributed by atoms with E-state index in [1.807, 2.05) is 52.2 Å². The van der Waals surface area contributed by atoms with Crippen LogP contribution in [0.4, 0.5) is 22.1 Å². The van der Waals surface area contributed by atoms with E-state index in [0.29, 0.717) is 23.3 Å². The molecule has 1 amide bonds. The molecule has 1 fully saturated rings. The van der Waals surface area contributed by atoms with Gasteiger partial charge in [0.15, 0.2) is 0 Å². The normalized spacial score (nSPS) is 14.9. The summed E-state index contributed by atoms with van der Waals surface area (Å²) in [6.07, 6.45) is 5.31. The molecular weight excluding hydrogens is 432 g/mol. The first-order valence-corrected chi connectivity index (χ1v) is 11.6. The number of benzene rings is 1. The number of fused-ring (bicyclic) bond motifs is 1. The number of nitrogens with zero attached hydrogens (tertiary/aromatic N) is 3. The van der Waals surface area contributed by atoms with Crippen LogP contribution >= 0.6 is 0 Å². The fourth-order valence-electron chi connectivity index (χ4n) is 4.40. The van der Waals surface area contributed by atoms with Crippen LogP contribution in [-0.4, -0.2) is 54.4 Å². The molecule has 1 aliphatic heterocycles. The van der Waals surface area contributed by atoms with Crippen molar-refractivity contribution in [3.05, 3.63) is 36.7 Å². The van der Waals surface area contributed by atoms with Crippen molar-refractivity contribution in [3.8, 4) is 16.9 Å². The number of methoxy groups -OCH3 is 1. The molecule has 3 heterocycles. The van der Waals surface area contributed by atoms with Crippen LogP contribution in [-0.2, 0) is 4.74 Å². The molecule has 0 atom stereocenters. The quantitative estimate of drug-likeness (QED) is 0.519. The van der Waals surface area contributed by atoms with Gasteiger partial charge in [-0.1, -0.05) is 6.07 Å². The summed E-state index contributed by atoms with van der Waals surface area (Å²) in [5, 5.41) is 6.15. The topological polar surface area (TPSA) is 106 Å². The van der Waals surface area contributed by atoms with Gasteiger partial charge < -0.3 is 25.4 Å². The van der Waals surface area contributed by atoms with E-state index in [9.17, 15) is 4.79 Å². The average molecular weight is 467 g/mol. The fraction of sp³-hybridized carbons (Fsp3) is 0.440. The van der Waals surface area contributed by atoms with Gasteiger partial charge in [-0.25, -0.2) is 9.78 Å². The summed E-state index contributed by atoms with van der Waals surface area (Å²) in [6, 6.07) is 8.34. The Hall–Kier alpha value is -3.46. The van der Waals surface area contributed by atoms with Gasteiger partial charge in [-0.2, -0.15) is 0 Å².